The zero-order valence-electron chi connectivity index (χ0n) is 50.1. The smallest absolute Gasteiger partial charge is 0.400 e. The van der Waals surface area contributed by atoms with Crippen molar-refractivity contribution in [2.75, 3.05) is 35.8 Å². The van der Waals surface area contributed by atoms with Gasteiger partial charge in [0.15, 0.2) is 35.1 Å². The summed E-state index contributed by atoms with van der Waals surface area (Å²) in [6.45, 7) is 4.81. The Bertz CT molecular complexity index is 4140. The highest BCUT2D eigenvalue weighted by molar-refractivity contribution is 6.31. The van der Waals surface area contributed by atoms with E-state index in [1.165, 1.54) is 72.2 Å². The van der Waals surface area contributed by atoms with Gasteiger partial charge in [0.1, 0.15) is 68.5 Å². The van der Waals surface area contributed by atoms with Gasteiger partial charge in [0, 0.05) is 54.4 Å². The number of aromatic nitrogens is 3. The van der Waals surface area contributed by atoms with E-state index in [0.717, 1.165) is 0 Å². The molecule has 3 amide bonds. The molecule has 0 aliphatic rings. The summed E-state index contributed by atoms with van der Waals surface area (Å²) in [4.78, 5) is 54.2. The number of fused-ring (bicyclic) bond motifs is 3. The number of benzene rings is 9. The van der Waals surface area contributed by atoms with E-state index >= 15 is 0 Å². The molecule has 12 aromatic rings. The number of halogens is 6. The summed E-state index contributed by atoms with van der Waals surface area (Å²) < 4.78 is 92.4. The molecule has 0 radical (unpaired) electrons. The van der Waals surface area contributed by atoms with Gasteiger partial charge < -0.3 is 56.4 Å². The van der Waals surface area contributed by atoms with E-state index in [2.05, 4.69) is 15.0 Å². The number of carbonyl (C=O) groups excluding carboxylic acids is 3. The maximum Gasteiger partial charge on any atom is 0.400 e. The van der Waals surface area contributed by atoms with Gasteiger partial charge in [-0.05, 0) is 166 Å². The van der Waals surface area contributed by atoms with Crippen molar-refractivity contribution in [3.05, 3.63) is 233 Å². The van der Waals surface area contributed by atoms with Crippen LogP contribution in [0, 0.1) is 17.5 Å². The van der Waals surface area contributed by atoms with Crippen LogP contribution in [0.2, 0.25) is 15.1 Å². The first kappa shape index (κ1) is 65.2. The molecule has 3 aromatic heterocycles. The quantitative estimate of drug-likeness (QED) is 0.0786. The highest BCUT2D eigenvalue weighted by Crippen LogP contribution is 2.33. The summed E-state index contributed by atoms with van der Waals surface area (Å²) in [5, 5.41) is 1.63. The predicted octanol–water partition coefficient (Wildman–Crippen LogP) is 17.5. The molecule has 3 heterocycles. The van der Waals surface area contributed by atoms with Crippen LogP contribution >= 0.6 is 34.8 Å². The van der Waals surface area contributed by atoms with Crippen LogP contribution in [0.15, 0.2) is 213 Å². The molecule has 93 heavy (non-hydrogen) atoms. The third kappa shape index (κ3) is 16.6. The number of hydrogen-bond donors (Lipinski definition) is 0. The number of para-hydroxylation sites is 3. The minimum atomic E-state index is -0.821. The van der Waals surface area contributed by atoms with Crippen LogP contribution in [0.25, 0.3) is 33.3 Å². The van der Waals surface area contributed by atoms with Gasteiger partial charge >= 0.3 is 18.2 Å². The summed E-state index contributed by atoms with van der Waals surface area (Å²) in [6.07, 6.45) is -2.21. The second kappa shape index (κ2) is 29.5. The maximum absolute atomic E-state index is 13.9. The molecule has 0 N–H and O–H groups in total. The van der Waals surface area contributed by atoms with Gasteiger partial charge in [-0.15, -0.1) is 0 Å². The van der Waals surface area contributed by atoms with Crippen LogP contribution < -0.4 is 43.1 Å². The lowest BCUT2D eigenvalue weighted by Crippen LogP contribution is -2.38. The molecular weight excluding hydrogens is 1270 g/mol. The molecule has 0 aliphatic heterocycles. The standard InChI is InChI=1S/3C23H18ClFN2O4/c3*1-14(22(28)27(2)20-6-4-3-5-18(20)25)29-16-8-10-17(11-9-16)30-23-26-19-12-7-15(24)13-21(19)31-23/h3*3-14H,1-2H3/t2*14-;/m10./s1. The number of amides is 3. The molecule has 0 fully saturated rings. The molecule has 0 saturated heterocycles. The number of anilines is 3. The van der Waals surface area contributed by atoms with Gasteiger partial charge in [-0.25, -0.2) is 13.2 Å². The molecule has 9 aromatic carbocycles. The molecule has 1 unspecified atom stereocenters. The molecule has 474 valence electrons. The van der Waals surface area contributed by atoms with Gasteiger partial charge in [-0.3, -0.25) is 14.4 Å². The van der Waals surface area contributed by atoms with Crippen molar-refractivity contribution in [1.29, 1.82) is 0 Å². The summed E-state index contributed by atoms with van der Waals surface area (Å²) in [5.74, 6) is 0.239. The van der Waals surface area contributed by atoms with Crippen LogP contribution in [0.1, 0.15) is 20.8 Å². The number of ether oxygens (including phenoxy) is 6. The first-order valence-corrected chi connectivity index (χ1v) is 29.4. The van der Waals surface area contributed by atoms with Crippen molar-refractivity contribution in [3.63, 3.8) is 0 Å². The van der Waals surface area contributed by atoms with Crippen molar-refractivity contribution in [1.82, 2.24) is 15.0 Å². The highest BCUT2D eigenvalue weighted by atomic mass is 35.5. The number of nitrogens with zero attached hydrogens (tertiary/aromatic N) is 6. The van der Waals surface area contributed by atoms with Gasteiger partial charge in [-0.2, -0.15) is 15.0 Å². The number of likely N-dealkylation sites (N-methyl/N-ethyl adjacent to an activating group) is 3. The van der Waals surface area contributed by atoms with E-state index < -0.39 is 35.8 Å². The Hall–Kier alpha value is -10.7. The summed E-state index contributed by atoms with van der Waals surface area (Å²) in [5.41, 5.74) is 4.02. The van der Waals surface area contributed by atoms with E-state index in [9.17, 15) is 27.6 Å². The van der Waals surface area contributed by atoms with Crippen molar-refractivity contribution >= 4 is 103 Å². The fraction of sp³-hybridized carbons (Fsp3) is 0.130. The van der Waals surface area contributed by atoms with E-state index in [4.69, 9.17) is 76.5 Å². The second-order valence-electron chi connectivity index (χ2n) is 20.3. The summed E-state index contributed by atoms with van der Waals surface area (Å²) in [6, 6.07) is 53.4. The van der Waals surface area contributed by atoms with Gasteiger partial charge in [0.2, 0.25) is 0 Å². The number of oxazole rings is 3. The minimum Gasteiger partial charge on any atom is -0.481 e. The lowest BCUT2D eigenvalue weighted by molar-refractivity contribution is -0.125. The Morgan fingerprint density at radius 1 is 0.366 bits per heavy atom. The van der Waals surface area contributed by atoms with Crippen molar-refractivity contribution in [3.8, 4) is 52.7 Å². The third-order valence-corrected chi connectivity index (χ3v) is 14.4. The monoisotopic (exact) mass is 1320 g/mol. The van der Waals surface area contributed by atoms with E-state index in [1.807, 2.05) is 0 Å². The summed E-state index contributed by atoms with van der Waals surface area (Å²) in [7, 11) is 4.52. The fourth-order valence-electron chi connectivity index (χ4n) is 8.93. The molecule has 0 saturated carbocycles. The normalized spacial score (nSPS) is 11.9. The van der Waals surface area contributed by atoms with Gasteiger partial charge in [0.25, 0.3) is 17.7 Å². The van der Waals surface area contributed by atoms with E-state index in [-0.39, 0.29) is 53.0 Å². The Morgan fingerprint density at radius 2 is 0.602 bits per heavy atom. The number of rotatable bonds is 18. The lowest BCUT2D eigenvalue weighted by atomic mass is 10.2. The highest BCUT2D eigenvalue weighted by Gasteiger charge is 2.26. The Balaban J connectivity index is 0.000000153. The topological polar surface area (TPSA) is 194 Å². The molecule has 0 aliphatic carbocycles. The zero-order chi connectivity index (χ0) is 65.9. The van der Waals surface area contributed by atoms with E-state index in [1.54, 1.807) is 185 Å². The Kier molecular flexibility index (Phi) is 20.7. The largest absolute Gasteiger partial charge is 0.481 e. The average molecular weight is 1320 g/mol. The minimum absolute atomic E-state index is 0.0843. The van der Waals surface area contributed by atoms with Crippen molar-refractivity contribution < 1.29 is 69.2 Å². The van der Waals surface area contributed by atoms with Crippen LogP contribution in [0.4, 0.5) is 30.2 Å². The Morgan fingerprint density at radius 3 is 0.849 bits per heavy atom. The summed E-state index contributed by atoms with van der Waals surface area (Å²) >= 11 is 17.8. The molecule has 3 atom stereocenters. The SMILES string of the molecule is CC(Oc1ccc(Oc2nc3ccc(Cl)cc3o2)cc1)C(=O)N(C)c1ccccc1F.C[C@@H](Oc1ccc(Oc2nc3ccc(Cl)cc3o2)cc1)C(=O)N(C)c1ccccc1F.C[C@H](Oc1ccc(Oc2nc3ccc(Cl)cc3o2)cc1)C(=O)N(C)c1ccccc1F. The third-order valence-electron chi connectivity index (χ3n) is 13.7. The van der Waals surface area contributed by atoms with Crippen molar-refractivity contribution in [2.45, 2.75) is 39.1 Å². The second-order valence-corrected chi connectivity index (χ2v) is 21.6. The van der Waals surface area contributed by atoms with Crippen LogP contribution in [0.3, 0.4) is 0 Å². The number of carbonyl (C=O) groups is 3. The molecule has 18 nitrogen and oxygen atoms in total. The first-order chi connectivity index (χ1) is 44.7. The first-order valence-electron chi connectivity index (χ1n) is 28.3. The molecule has 0 bridgehead atoms. The Labute approximate surface area is 544 Å². The molecule has 24 heteroatoms. The molecule has 12 rings (SSSR count). The maximum atomic E-state index is 13.9. The zero-order valence-corrected chi connectivity index (χ0v) is 52.4. The van der Waals surface area contributed by atoms with Crippen molar-refractivity contribution in [2.24, 2.45) is 0 Å². The van der Waals surface area contributed by atoms with Crippen LogP contribution in [0.5, 0.6) is 52.7 Å². The predicted molar refractivity (Wildman–Crippen MR) is 346 cm³/mol. The molecule has 0 spiro atoms. The van der Waals surface area contributed by atoms with Gasteiger partial charge in [-0.1, -0.05) is 71.2 Å². The van der Waals surface area contributed by atoms with Crippen LogP contribution in [-0.2, 0) is 14.4 Å². The fourth-order valence-corrected chi connectivity index (χ4v) is 9.42. The average Bonchev–Trinajstić information content (AvgIpc) is 1.90. The van der Waals surface area contributed by atoms with Gasteiger partial charge in [0.05, 0.1) is 17.1 Å². The lowest BCUT2D eigenvalue weighted by Gasteiger charge is -2.22. The molecular formula is C69H54Cl3F3N6O12. The van der Waals surface area contributed by atoms with Crippen LogP contribution in [-0.4, -0.2) is 72.1 Å². The van der Waals surface area contributed by atoms with E-state index in [0.29, 0.717) is 82.9 Å². The number of hydrogen-bond acceptors (Lipinski definition) is 15.